The molecule has 1 fully saturated rings. The predicted molar refractivity (Wildman–Crippen MR) is 29.7 cm³/mol. The summed E-state index contributed by atoms with van der Waals surface area (Å²) in [6.07, 6.45) is 0. The first kappa shape index (κ1) is 4.53. The predicted octanol–water partition coefficient (Wildman–Crippen LogP) is 1.30. The zero-order chi connectivity index (χ0) is 4.57. The first-order valence-corrected chi connectivity index (χ1v) is 3.91. The van der Waals surface area contributed by atoms with Crippen LogP contribution in [-0.2, 0) is 4.79 Å². The third-order valence-corrected chi connectivity index (χ3v) is 2.73. The van der Waals surface area contributed by atoms with Gasteiger partial charge in [-0.25, -0.2) is 0 Å². The minimum atomic E-state index is 0.296. The van der Waals surface area contributed by atoms with E-state index in [1.54, 1.807) is 28.5 Å². The SMILES string of the molecule is CC(=O)C1SS1. The van der Waals surface area contributed by atoms with Gasteiger partial charge in [0.25, 0.3) is 0 Å². The van der Waals surface area contributed by atoms with Crippen LogP contribution in [0.4, 0.5) is 0 Å². The highest BCUT2D eigenvalue weighted by Crippen LogP contribution is 2.53. The van der Waals surface area contributed by atoms with Gasteiger partial charge in [0.2, 0.25) is 0 Å². The molecule has 0 atom stereocenters. The summed E-state index contributed by atoms with van der Waals surface area (Å²) in [7, 11) is 3.29. The van der Waals surface area contributed by atoms with Crippen molar-refractivity contribution in [3.8, 4) is 0 Å². The van der Waals surface area contributed by atoms with Crippen molar-refractivity contribution in [1.82, 2.24) is 0 Å². The van der Waals surface area contributed by atoms with Crippen LogP contribution in [0.15, 0.2) is 0 Å². The summed E-state index contributed by atoms with van der Waals surface area (Å²) in [5.41, 5.74) is 0. The molecule has 0 aromatic heterocycles. The summed E-state index contributed by atoms with van der Waals surface area (Å²) in [5, 5.41) is 0. The van der Waals surface area contributed by atoms with E-state index >= 15 is 0 Å². The molecule has 0 aromatic carbocycles. The number of Topliss-reactive ketones (excluding diaryl/α,β-unsaturated/α-hetero) is 1. The van der Waals surface area contributed by atoms with E-state index in [-0.39, 0.29) is 0 Å². The summed E-state index contributed by atoms with van der Waals surface area (Å²) in [6.45, 7) is 1.62. The molecule has 0 N–H and O–H groups in total. The first-order valence-electron chi connectivity index (χ1n) is 1.63. The fourth-order valence-electron chi connectivity index (χ4n) is 0.163. The van der Waals surface area contributed by atoms with Crippen molar-refractivity contribution in [3.05, 3.63) is 0 Å². The number of carbonyl (C=O) groups excluding carboxylic acids is 1. The molecule has 0 amide bonds. The minimum Gasteiger partial charge on any atom is -0.298 e. The highest BCUT2D eigenvalue weighted by molar-refractivity contribution is 8.93. The minimum absolute atomic E-state index is 0.296. The molecule has 0 aliphatic carbocycles. The first-order chi connectivity index (χ1) is 2.80. The zero-order valence-corrected chi connectivity index (χ0v) is 4.94. The van der Waals surface area contributed by atoms with Crippen LogP contribution in [0.2, 0.25) is 0 Å². The molecule has 0 radical (unpaired) electrons. The van der Waals surface area contributed by atoms with Crippen LogP contribution in [0.5, 0.6) is 0 Å². The molecule has 0 unspecified atom stereocenters. The zero-order valence-electron chi connectivity index (χ0n) is 3.30. The third-order valence-electron chi connectivity index (χ3n) is 0.524. The fourth-order valence-corrected chi connectivity index (χ4v) is 1.47. The van der Waals surface area contributed by atoms with Crippen LogP contribution in [0.1, 0.15) is 6.92 Å². The summed E-state index contributed by atoms with van der Waals surface area (Å²) in [5.74, 6) is 0.296. The van der Waals surface area contributed by atoms with E-state index in [1.165, 1.54) is 0 Å². The molecule has 6 heavy (non-hydrogen) atoms. The van der Waals surface area contributed by atoms with Crippen LogP contribution < -0.4 is 0 Å². The third kappa shape index (κ3) is 0.914. The second-order valence-corrected chi connectivity index (χ2v) is 3.92. The number of hydrogen-bond acceptors (Lipinski definition) is 3. The second-order valence-electron chi connectivity index (χ2n) is 1.14. The molecule has 0 saturated carbocycles. The van der Waals surface area contributed by atoms with Gasteiger partial charge < -0.3 is 0 Å². The maximum Gasteiger partial charge on any atom is 0.154 e. The lowest BCUT2D eigenvalue weighted by Gasteiger charge is -1.71. The lowest BCUT2D eigenvalue weighted by atomic mass is 10.5. The van der Waals surface area contributed by atoms with Crippen LogP contribution in [-0.4, -0.2) is 10.4 Å². The van der Waals surface area contributed by atoms with Gasteiger partial charge in [0.15, 0.2) is 5.78 Å². The van der Waals surface area contributed by atoms with E-state index < -0.39 is 0 Å². The van der Waals surface area contributed by atoms with Crippen LogP contribution in [0.25, 0.3) is 0 Å². The average molecular weight is 120 g/mol. The Balaban J connectivity index is 2.31. The van der Waals surface area contributed by atoms with Gasteiger partial charge in [0.05, 0.1) is 0 Å². The maximum absolute atomic E-state index is 10.2. The van der Waals surface area contributed by atoms with Crippen molar-refractivity contribution in [2.75, 3.05) is 0 Å². The second kappa shape index (κ2) is 1.46. The van der Waals surface area contributed by atoms with Gasteiger partial charge in [-0.1, -0.05) is 21.6 Å². The van der Waals surface area contributed by atoms with E-state index in [0.29, 0.717) is 10.4 Å². The Morgan fingerprint density at radius 2 is 2.17 bits per heavy atom. The number of carbonyl (C=O) groups is 1. The maximum atomic E-state index is 10.2. The van der Waals surface area contributed by atoms with Crippen molar-refractivity contribution < 1.29 is 4.79 Å². The number of hydrogen-bond donors (Lipinski definition) is 0. The topological polar surface area (TPSA) is 17.1 Å². The summed E-state index contributed by atoms with van der Waals surface area (Å²) in [6, 6.07) is 0. The van der Waals surface area contributed by atoms with Gasteiger partial charge in [0, 0.05) is 0 Å². The molecule has 0 bridgehead atoms. The molecule has 1 heterocycles. The van der Waals surface area contributed by atoms with Crippen molar-refractivity contribution >= 4 is 27.4 Å². The highest BCUT2D eigenvalue weighted by atomic mass is 33.2. The van der Waals surface area contributed by atoms with Crippen LogP contribution >= 0.6 is 21.6 Å². The Morgan fingerprint density at radius 1 is 1.67 bits per heavy atom. The normalized spacial score (nSPS) is 20.8. The Morgan fingerprint density at radius 3 is 2.17 bits per heavy atom. The molecule has 1 nitrogen and oxygen atoms in total. The van der Waals surface area contributed by atoms with E-state index in [4.69, 9.17) is 0 Å². The lowest BCUT2D eigenvalue weighted by Crippen LogP contribution is -1.92. The van der Waals surface area contributed by atoms with E-state index in [9.17, 15) is 4.79 Å². The van der Waals surface area contributed by atoms with Gasteiger partial charge in [-0.05, 0) is 6.92 Å². The average Bonchev–Trinajstić information content (AvgIpc) is 2.06. The Bertz CT molecular complexity index is 76.9. The van der Waals surface area contributed by atoms with E-state index in [2.05, 4.69) is 0 Å². The molecule has 0 aromatic rings. The van der Waals surface area contributed by atoms with E-state index in [1.807, 2.05) is 0 Å². The van der Waals surface area contributed by atoms with Gasteiger partial charge in [-0.15, -0.1) is 0 Å². The molecule has 34 valence electrons. The molecule has 1 aliphatic rings. The largest absolute Gasteiger partial charge is 0.298 e. The van der Waals surface area contributed by atoms with Gasteiger partial charge in [-0.2, -0.15) is 0 Å². The molecule has 1 saturated heterocycles. The molecule has 3 heteroatoms. The highest BCUT2D eigenvalue weighted by Gasteiger charge is 2.28. The Labute approximate surface area is 44.3 Å². The monoisotopic (exact) mass is 120 g/mol. The van der Waals surface area contributed by atoms with Gasteiger partial charge >= 0.3 is 0 Å². The molecule has 1 aliphatic heterocycles. The summed E-state index contributed by atoms with van der Waals surface area (Å²) in [4.78, 5) is 10.2. The molecular weight excluding hydrogens is 116 g/mol. The molecular formula is C3H4OS2. The Kier molecular flexibility index (Phi) is 1.10. The van der Waals surface area contributed by atoms with Gasteiger partial charge in [-0.3, -0.25) is 4.79 Å². The lowest BCUT2D eigenvalue weighted by molar-refractivity contribution is -0.115. The van der Waals surface area contributed by atoms with E-state index in [0.717, 1.165) is 0 Å². The van der Waals surface area contributed by atoms with Crippen molar-refractivity contribution in [1.29, 1.82) is 0 Å². The van der Waals surface area contributed by atoms with Crippen molar-refractivity contribution in [2.45, 2.75) is 11.5 Å². The molecule has 1 rings (SSSR count). The summed E-state index contributed by atoms with van der Waals surface area (Å²) < 4.78 is 0.296. The quantitative estimate of drug-likeness (QED) is 0.383. The smallest absolute Gasteiger partial charge is 0.154 e. The van der Waals surface area contributed by atoms with Crippen molar-refractivity contribution in [2.24, 2.45) is 0 Å². The molecule has 0 spiro atoms. The van der Waals surface area contributed by atoms with Crippen molar-refractivity contribution in [3.63, 3.8) is 0 Å². The number of ketones is 1. The number of rotatable bonds is 1. The standard InChI is InChI=1S/C3H4OS2/c1-2(4)3-5-6-3/h3H,1H3. The van der Waals surface area contributed by atoms with Crippen LogP contribution in [0, 0.1) is 0 Å². The van der Waals surface area contributed by atoms with Gasteiger partial charge in [0.1, 0.15) is 4.58 Å². The van der Waals surface area contributed by atoms with Crippen LogP contribution in [0.3, 0.4) is 0 Å². The fraction of sp³-hybridized carbons (Fsp3) is 0.667. The summed E-state index contributed by atoms with van der Waals surface area (Å²) >= 11 is 0. The Hall–Kier alpha value is 0.370.